The highest BCUT2D eigenvalue weighted by Crippen LogP contribution is 2.33. The quantitative estimate of drug-likeness (QED) is 0.299. The van der Waals surface area contributed by atoms with Crippen LogP contribution in [0.25, 0.3) is 11.0 Å². The maximum Gasteiger partial charge on any atom is 0.427 e. The van der Waals surface area contributed by atoms with Crippen LogP contribution in [0.5, 0.6) is 5.75 Å². The van der Waals surface area contributed by atoms with Gasteiger partial charge < -0.3 is 23.7 Å². The van der Waals surface area contributed by atoms with Crippen LogP contribution in [-0.4, -0.2) is 73.7 Å². The number of carbonyl (C=O) groups excluding carboxylic acids is 2. The van der Waals surface area contributed by atoms with Crippen LogP contribution < -0.4 is 9.64 Å². The summed E-state index contributed by atoms with van der Waals surface area (Å²) < 4.78 is 30.0. The van der Waals surface area contributed by atoms with Crippen LogP contribution in [0.4, 0.5) is 15.5 Å². The third kappa shape index (κ3) is 7.56. The molecular weight excluding hydrogens is 592 g/mol. The van der Waals surface area contributed by atoms with E-state index < -0.39 is 29.2 Å². The molecule has 14 heteroatoms. The van der Waals surface area contributed by atoms with Gasteiger partial charge in [-0.3, -0.25) is 4.98 Å². The number of fused-ring (bicyclic) bond motifs is 1. The normalized spacial score (nSPS) is 16.7. The lowest BCUT2D eigenvalue weighted by Gasteiger charge is -2.27. The average molecular weight is 633 g/mol. The largest absolute Gasteiger partial charge is 0.496 e. The van der Waals surface area contributed by atoms with Crippen LogP contribution in [0.1, 0.15) is 77.9 Å². The average Bonchev–Trinajstić information content (AvgIpc) is 3.38. The molecule has 0 aliphatic carbocycles. The van der Waals surface area contributed by atoms with Gasteiger partial charge in [-0.15, -0.1) is 4.90 Å². The number of aromatic nitrogens is 5. The molecule has 1 fully saturated rings. The summed E-state index contributed by atoms with van der Waals surface area (Å²) in [7, 11) is 1.60. The van der Waals surface area contributed by atoms with Crippen LogP contribution in [0.3, 0.4) is 0 Å². The number of ether oxygens (including phenoxy) is 5. The zero-order valence-electron chi connectivity index (χ0n) is 27.2. The van der Waals surface area contributed by atoms with Crippen molar-refractivity contribution in [1.29, 1.82) is 0 Å². The summed E-state index contributed by atoms with van der Waals surface area (Å²) >= 11 is 6.80. The number of pyridine rings is 1. The maximum absolute atomic E-state index is 13.4. The third-order valence-electron chi connectivity index (χ3n) is 6.50. The fourth-order valence-corrected chi connectivity index (χ4v) is 5.02. The standard InChI is InChI=1S/C30H41ClN6O7/c1-16-13-32-20(17(2)22(16)40-11)14-36-24-21(19(35-36)12-18-15-41-30(9,10)42-18)23(31)33-25(34-24)37(26(38)43-28(3,4)5)27(39)44-29(6,7)8/h13,18H,12,14-15H2,1-11H3. The number of anilines is 1. The number of carbonyl (C=O) groups is 2. The molecule has 1 aliphatic heterocycles. The number of rotatable bonds is 6. The van der Waals surface area contributed by atoms with Crippen molar-refractivity contribution in [2.24, 2.45) is 0 Å². The molecule has 1 atom stereocenters. The SMILES string of the molecule is COc1c(C)cnc(Cn2nc(CC3COC(C)(C)O3)c3c(Cl)nc(N(C(=O)OC(C)(C)C)C(=O)OC(C)(C)C)nc32)c1C. The maximum atomic E-state index is 13.4. The summed E-state index contributed by atoms with van der Waals surface area (Å²) in [5.41, 5.74) is 1.37. The van der Waals surface area contributed by atoms with Gasteiger partial charge in [0.1, 0.15) is 22.1 Å². The highest BCUT2D eigenvalue weighted by Gasteiger charge is 2.37. The number of halogens is 1. The van der Waals surface area contributed by atoms with E-state index in [9.17, 15) is 9.59 Å². The summed E-state index contributed by atoms with van der Waals surface area (Å²) in [6.07, 6.45) is -0.270. The number of amides is 2. The van der Waals surface area contributed by atoms with Crippen molar-refractivity contribution in [3.05, 3.63) is 33.9 Å². The molecule has 1 saturated heterocycles. The number of hydrogen-bond donors (Lipinski definition) is 0. The Hall–Kier alpha value is -3.55. The van der Waals surface area contributed by atoms with Gasteiger partial charge in [0, 0.05) is 23.7 Å². The van der Waals surface area contributed by atoms with E-state index in [-0.39, 0.29) is 29.4 Å². The lowest BCUT2D eigenvalue weighted by molar-refractivity contribution is -0.138. The van der Waals surface area contributed by atoms with E-state index in [1.807, 2.05) is 27.7 Å². The molecule has 0 bridgehead atoms. The van der Waals surface area contributed by atoms with Crippen molar-refractivity contribution in [2.45, 2.75) is 105 Å². The van der Waals surface area contributed by atoms with Gasteiger partial charge in [0.15, 0.2) is 11.4 Å². The number of imide groups is 1. The Balaban J connectivity index is 1.88. The minimum atomic E-state index is -1.02. The van der Waals surface area contributed by atoms with E-state index in [0.29, 0.717) is 40.5 Å². The first-order valence-corrected chi connectivity index (χ1v) is 14.7. The van der Waals surface area contributed by atoms with E-state index in [1.165, 1.54) is 0 Å². The highest BCUT2D eigenvalue weighted by atomic mass is 35.5. The van der Waals surface area contributed by atoms with Crippen molar-refractivity contribution in [2.75, 3.05) is 18.6 Å². The Morgan fingerprint density at radius 3 is 2.20 bits per heavy atom. The monoisotopic (exact) mass is 632 g/mol. The van der Waals surface area contributed by atoms with Gasteiger partial charge in [-0.1, -0.05) is 11.6 Å². The summed E-state index contributed by atoms with van der Waals surface area (Å²) in [6.45, 7) is 18.1. The number of hydrogen-bond acceptors (Lipinski definition) is 11. The molecule has 4 rings (SSSR count). The first kappa shape index (κ1) is 33.3. The molecule has 44 heavy (non-hydrogen) atoms. The minimum absolute atomic E-state index is 0.0206. The molecule has 0 aromatic carbocycles. The van der Waals surface area contributed by atoms with Gasteiger partial charge in [0.05, 0.1) is 43.1 Å². The minimum Gasteiger partial charge on any atom is -0.496 e. The molecule has 4 heterocycles. The molecule has 0 spiro atoms. The van der Waals surface area contributed by atoms with Crippen molar-refractivity contribution in [1.82, 2.24) is 24.7 Å². The first-order valence-electron chi connectivity index (χ1n) is 14.3. The predicted octanol–water partition coefficient (Wildman–Crippen LogP) is 5.92. The van der Waals surface area contributed by atoms with E-state index in [4.69, 9.17) is 40.4 Å². The summed E-state index contributed by atoms with van der Waals surface area (Å²) in [5.74, 6) is -0.358. The fraction of sp³-hybridized carbons (Fsp3) is 0.600. The lowest BCUT2D eigenvalue weighted by Crippen LogP contribution is -2.44. The Bertz CT molecular complexity index is 1550. The molecule has 2 amide bonds. The van der Waals surface area contributed by atoms with Gasteiger partial charge in [-0.05, 0) is 69.2 Å². The van der Waals surface area contributed by atoms with E-state index in [1.54, 1.807) is 59.5 Å². The highest BCUT2D eigenvalue weighted by molar-refractivity contribution is 6.34. The summed E-state index contributed by atoms with van der Waals surface area (Å²) in [5, 5.41) is 5.27. The molecule has 1 aliphatic rings. The molecular formula is C30H41ClN6O7. The van der Waals surface area contributed by atoms with Crippen LogP contribution in [-0.2, 0) is 31.9 Å². The smallest absolute Gasteiger partial charge is 0.427 e. The fourth-order valence-electron chi connectivity index (χ4n) is 4.75. The van der Waals surface area contributed by atoms with E-state index >= 15 is 0 Å². The third-order valence-corrected chi connectivity index (χ3v) is 6.77. The Kier molecular flexibility index (Phi) is 9.16. The molecule has 0 saturated carbocycles. The van der Waals surface area contributed by atoms with Crippen molar-refractivity contribution in [3.8, 4) is 5.75 Å². The predicted molar refractivity (Wildman–Crippen MR) is 163 cm³/mol. The van der Waals surface area contributed by atoms with Crippen molar-refractivity contribution < 1.29 is 33.3 Å². The molecule has 0 N–H and O–H groups in total. The molecule has 3 aromatic heterocycles. The zero-order chi connectivity index (χ0) is 32.8. The van der Waals surface area contributed by atoms with Gasteiger partial charge in [-0.2, -0.15) is 15.1 Å². The number of nitrogens with zero attached hydrogens (tertiary/aromatic N) is 6. The second-order valence-electron chi connectivity index (χ2n) is 13.1. The Morgan fingerprint density at radius 2 is 1.68 bits per heavy atom. The van der Waals surface area contributed by atoms with E-state index in [2.05, 4.69) is 15.0 Å². The summed E-state index contributed by atoms with van der Waals surface area (Å²) in [6, 6.07) is 0. The topological polar surface area (TPSA) is 140 Å². The molecule has 1 unspecified atom stereocenters. The van der Waals surface area contributed by atoms with Crippen LogP contribution in [0.2, 0.25) is 5.15 Å². The van der Waals surface area contributed by atoms with Gasteiger partial charge in [-0.25, -0.2) is 14.3 Å². The summed E-state index contributed by atoms with van der Waals surface area (Å²) in [4.78, 5) is 41.0. The zero-order valence-corrected chi connectivity index (χ0v) is 28.0. The van der Waals surface area contributed by atoms with Gasteiger partial charge in [0.2, 0.25) is 5.95 Å². The molecule has 0 radical (unpaired) electrons. The Labute approximate surface area is 262 Å². The molecule has 13 nitrogen and oxygen atoms in total. The Morgan fingerprint density at radius 1 is 1.07 bits per heavy atom. The second kappa shape index (κ2) is 12.1. The van der Waals surface area contributed by atoms with Gasteiger partial charge in [0.25, 0.3) is 0 Å². The number of methoxy groups -OCH3 is 1. The van der Waals surface area contributed by atoms with Crippen LogP contribution >= 0.6 is 11.6 Å². The number of aryl methyl sites for hydroxylation is 1. The van der Waals surface area contributed by atoms with Crippen molar-refractivity contribution >= 4 is 40.8 Å². The van der Waals surface area contributed by atoms with Crippen LogP contribution in [0, 0.1) is 13.8 Å². The molecule has 240 valence electrons. The van der Waals surface area contributed by atoms with E-state index in [0.717, 1.165) is 11.1 Å². The lowest BCUT2D eigenvalue weighted by atomic mass is 10.1. The second-order valence-corrected chi connectivity index (χ2v) is 13.5. The molecule has 3 aromatic rings. The van der Waals surface area contributed by atoms with Crippen LogP contribution in [0.15, 0.2) is 6.20 Å². The van der Waals surface area contributed by atoms with Crippen molar-refractivity contribution in [3.63, 3.8) is 0 Å². The van der Waals surface area contributed by atoms with Gasteiger partial charge >= 0.3 is 12.2 Å². The first-order chi connectivity index (χ1) is 20.3.